The maximum Gasteiger partial charge on any atom is 0.260 e. The number of carbonyl (C=O) groups excluding carboxylic acids is 2. The molecule has 0 aliphatic heterocycles. The molecule has 0 atom stereocenters. The molecule has 11 heteroatoms. The number of rotatable bonds is 7. The molecule has 0 spiro atoms. The minimum Gasteiger partial charge on any atom is -0.438 e. The lowest BCUT2D eigenvalue weighted by Crippen LogP contribution is -2.13. The van der Waals surface area contributed by atoms with E-state index >= 15 is 0 Å². The van der Waals surface area contributed by atoms with E-state index in [1.807, 2.05) is 6.07 Å². The lowest BCUT2D eigenvalue weighted by Gasteiger charge is -2.11. The summed E-state index contributed by atoms with van der Waals surface area (Å²) < 4.78 is 8.96. The minimum atomic E-state index is -0.459. The van der Waals surface area contributed by atoms with E-state index in [2.05, 4.69) is 31.9 Å². The Morgan fingerprint density at radius 1 is 1.00 bits per heavy atom. The third-order valence-corrected chi connectivity index (χ3v) is 6.46. The lowest BCUT2D eigenvalue weighted by molar-refractivity contribution is 0.101. The summed E-state index contributed by atoms with van der Waals surface area (Å²) >= 11 is 0. The second kappa shape index (κ2) is 9.42. The minimum absolute atomic E-state index is 0.276. The number of imidazole rings is 1. The van der Waals surface area contributed by atoms with Gasteiger partial charge < -0.3 is 15.4 Å². The Kier molecular flexibility index (Phi) is 5.77. The molecule has 1 saturated carbocycles. The Hall–Kier alpha value is -5.50. The first-order valence-electron chi connectivity index (χ1n) is 12.2. The van der Waals surface area contributed by atoms with Crippen molar-refractivity contribution in [1.82, 2.24) is 24.4 Å². The average Bonchev–Trinajstić information content (AvgIpc) is 3.46. The third-order valence-electron chi connectivity index (χ3n) is 6.46. The summed E-state index contributed by atoms with van der Waals surface area (Å²) in [5.74, 6) is 0.504. The van der Waals surface area contributed by atoms with Gasteiger partial charge in [-0.2, -0.15) is 10.4 Å². The Morgan fingerprint density at radius 2 is 1.82 bits per heavy atom. The highest BCUT2D eigenvalue weighted by Gasteiger charge is 2.45. The van der Waals surface area contributed by atoms with Crippen LogP contribution in [0.1, 0.15) is 39.1 Å². The van der Waals surface area contributed by atoms with Gasteiger partial charge in [-0.1, -0.05) is 18.2 Å². The smallest absolute Gasteiger partial charge is 0.260 e. The van der Waals surface area contributed by atoms with Crippen molar-refractivity contribution >= 4 is 29.0 Å². The number of aryl methyl sites for hydroxylation is 1. The highest BCUT2D eigenvalue weighted by Crippen LogP contribution is 2.47. The number of nitrogens with zero attached hydrogens (tertiary/aromatic N) is 6. The monoisotopic (exact) mass is 518 g/mol. The molecular formula is C28H22N8O3. The van der Waals surface area contributed by atoms with E-state index in [0.29, 0.717) is 39.9 Å². The molecule has 5 aromatic rings. The fourth-order valence-electron chi connectivity index (χ4n) is 4.22. The number of nitrogens with one attached hydrogen (secondary N) is 2. The number of ether oxygens (including phenoxy) is 1. The van der Waals surface area contributed by atoms with E-state index < -0.39 is 5.41 Å². The number of fused-ring (bicyclic) bond motifs is 1. The number of nitriles is 1. The van der Waals surface area contributed by atoms with E-state index in [-0.39, 0.29) is 11.8 Å². The molecule has 3 heterocycles. The van der Waals surface area contributed by atoms with Crippen LogP contribution in [0.15, 0.2) is 79.3 Å². The predicted molar refractivity (Wildman–Crippen MR) is 142 cm³/mol. The standard InChI is InChI=1S/C28H22N8O3/c1-35-15-19(14-30-35)27(38)33-23-16-36-24(32-23)8-9-25(34-36)39-22-7-3-6-21(13-22)31-26(37)18-4-2-5-20(12-18)28(17-29)10-11-28/h2-9,12-16H,10-11H2,1H3,(H,31,37)(H,33,38). The third kappa shape index (κ3) is 4.91. The molecule has 2 aromatic carbocycles. The molecule has 0 saturated heterocycles. The first-order chi connectivity index (χ1) is 18.9. The SMILES string of the molecule is Cn1cc(C(=O)Nc2cn3nc(Oc4cccc(NC(=O)c5cccc(C6(C#N)CC6)c5)c4)ccc3n2)cn1. The molecule has 0 radical (unpaired) electrons. The molecule has 1 aliphatic rings. The molecule has 2 amide bonds. The van der Waals surface area contributed by atoms with E-state index in [4.69, 9.17) is 4.74 Å². The van der Waals surface area contributed by atoms with Crippen LogP contribution in [0.4, 0.5) is 11.5 Å². The molecule has 39 heavy (non-hydrogen) atoms. The van der Waals surface area contributed by atoms with Crippen molar-refractivity contribution in [2.45, 2.75) is 18.3 Å². The average molecular weight is 519 g/mol. The van der Waals surface area contributed by atoms with E-state index in [1.54, 1.807) is 78.7 Å². The first kappa shape index (κ1) is 23.9. The van der Waals surface area contributed by atoms with Gasteiger partial charge in [-0.25, -0.2) is 9.50 Å². The number of hydrogen-bond donors (Lipinski definition) is 2. The number of anilines is 2. The Bertz CT molecular complexity index is 1780. The molecule has 6 rings (SSSR count). The Labute approximate surface area is 222 Å². The fourth-order valence-corrected chi connectivity index (χ4v) is 4.22. The molecule has 3 aromatic heterocycles. The van der Waals surface area contributed by atoms with Crippen molar-refractivity contribution in [2.24, 2.45) is 7.05 Å². The molecule has 2 N–H and O–H groups in total. The van der Waals surface area contributed by atoms with Gasteiger partial charge in [0.25, 0.3) is 11.8 Å². The summed E-state index contributed by atoms with van der Waals surface area (Å²) in [5.41, 5.74) is 2.39. The summed E-state index contributed by atoms with van der Waals surface area (Å²) in [7, 11) is 1.73. The van der Waals surface area contributed by atoms with Crippen molar-refractivity contribution in [3.63, 3.8) is 0 Å². The number of amides is 2. The van der Waals surface area contributed by atoms with Crippen LogP contribution in [0.2, 0.25) is 0 Å². The largest absolute Gasteiger partial charge is 0.438 e. The summed E-state index contributed by atoms with van der Waals surface area (Å²) in [6, 6.07) is 19.9. The summed E-state index contributed by atoms with van der Waals surface area (Å²) in [4.78, 5) is 29.6. The van der Waals surface area contributed by atoms with Gasteiger partial charge in [0.15, 0.2) is 11.5 Å². The van der Waals surface area contributed by atoms with Crippen LogP contribution < -0.4 is 15.4 Å². The van der Waals surface area contributed by atoms with Crippen LogP contribution in [0.25, 0.3) is 5.65 Å². The van der Waals surface area contributed by atoms with Gasteiger partial charge in [0.1, 0.15) is 5.75 Å². The highest BCUT2D eigenvalue weighted by atomic mass is 16.5. The summed E-state index contributed by atoms with van der Waals surface area (Å²) in [6.07, 6.45) is 6.30. The molecule has 1 aliphatic carbocycles. The van der Waals surface area contributed by atoms with Gasteiger partial charge in [0.2, 0.25) is 5.88 Å². The molecule has 0 bridgehead atoms. The Balaban J connectivity index is 1.14. The van der Waals surface area contributed by atoms with Gasteiger partial charge in [-0.3, -0.25) is 14.3 Å². The van der Waals surface area contributed by atoms with Gasteiger partial charge in [0.05, 0.1) is 29.4 Å². The second-order valence-electron chi connectivity index (χ2n) is 9.32. The molecular weight excluding hydrogens is 496 g/mol. The normalized spacial score (nSPS) is 13.4. The van der Waals surface area contributed by atoms with E-state index in [0.717, 1.165) is 18.4 Å². The van der Waals surface area contributed by atoms with Gasteiger partial charge >= 0.3 is 0 Å². The van der Waals surface area contributed by atoms with Crippen LogP contribution >= 0.6 is 0 Å². The van der Waals surface area contributed by atoms with Crippen LogP contribution in [-0.4, -0.2) is 36.2 Å². The van der Waals surface area contributed by atoms with Crippen molar-refractivity contribution in [3.8, 4) is 17.7 Å². The second-order valence-corrected chi connectivity index (χ2v) is 9.32. The van der Waals surface area contributed by atoms with Gasteiger partial charge in [0, 0.05) is 36.6 Å². The van der Waals surface area contributed by atoms with Crippen molar-refractivity contribution in [2.75, 3.05) is 10.6 Å². The number of aromatic nitrogens is 5. The van der Waals surface area contributed by atoms with Crippen molar-refractivity contribution in [3.05, 3.63) is 95.9 Å². The molecule has 1 fully saturated rings. The van der Waals surface area contributed by atoms with Crippen molar-refractivity contribution < 1.29 is 14.3 Å². The lowest BCUT2D eigenvalue weighted by atomic mass is 9.96. The molecule has 11 nitrogen and oxygen atoms in total. The number of carbonyl (C=O) groups is 2. The fraction of sp³-hybridized carbons (Fsp3) is 0.143. The van der Waals surface area contributed by atoms with Crippen molar-refractivity contribution in [1.29, 1.82) is 5.26 Å². The zero-order chi connectivity index (χ0) is 27.0. The zero-order valence-corrected chi connectivity index (χ0v) is 20.8. The maximum atomic E-state index is 12.9. The van der Waals surface area contributed by atoms with Gasteiger partial charge in [-0.05, 0) is 48.7 Å². The predicted octanol–water partition coefficient (Wildman–Crippen LogP) is 4.31. The summed E-state index contributed by atoms with van der Waals surface area (Å²) in [5, 5.41) is 23.5. The zero-order valence-electron chi connectivity index (χ0n) is 20.8. The Morgan fingerprint density at radius 3 is 2.59 bits per heavy atom. The number of benzene rings is 2. The maximum absolute atomic E-state index is 12.9. The molecule has 192 valence electrons. The van der Waals surface area contributed by atoms with Crippen LogP contribution in [0, 0.1) is 11.3 Å². The highest BCUT2D eigenvalue weighted by molar-refractivity contribution is 6.04. The first-order valence-corrected chi connectivity index (χ1v) is 12.2. The summed E-state index contributed by atoms with van der Waals surface area (Å²) in [6.45, 7) is 0. The number of hydrogen-bond acceptors (Lipinski definition) is 7. The topological polar surface area (TPSA) is 139 Å². The van der Waals surface area contributed by atoms with Crippen LogP contribution in [-0.2, 0) is 12.5 Å². The van der Waals surface area contributed by atoms with E-state index in [1.165, 1.54) is 10.7 Å². The van der Waals surface area contributed by atoms with Gasteiger partial charge in [-0.15, -0.1) is 5.10 Å². The van der Waals surface area contributed by atoms with E-state index in [9.17, 15) is 14.9 Å². The quantitative estimate of drug-likeness (QED) is 0.327. The van der Waals surface area contributed by atoms with Crippen LogP contribution in [0.3, 0.4) is 0 Å². The van der Waals surface area contributed by atoms with Crippen LogP contribution in [0.5, 0.6) is 11.6 Å². The molecule has 0 unspecified atom stereocenters.